The molecule has 3 rings (SSSR count). The lowest BCUT2D eigenvalue weighted by molar-refractivity contribution is -0.148. The van der Waals surface area contributed by atoms with Crippen LogP contribution in [0, 0.1) is 5.92 Å². The van der Waals surface area contributed by atoms with Gasteiger partial charge in [-0.3, -0.25) is 9.78 Å². The maximum atomic E-state index is 14.1. The summed E-state index contributed by atoms with van der Waals surface area (Å²) in [6.07, 6.45) is 4.67. The average Bonchev–Trinajstić information content (AvgIpc) is 3.17. The maximum Gasteiger partial charge on any atom is 0.375 e. The fourth-order valence-corrected chi connectivity index (χ4v) is 2.74. The number of hydrogen-bond acceptors (Lipinski definition) is 4. The van der Waals surface area contributed by atoms with Crippen LogP contribution in [-0.4, -0.2) is 15.9 Å². The smallest absolute Gasteiger partial charge is 0.342 e. The minimum atomic E-state index is -3.61. The van der Waals surface area contributed by atoms with E-state index in [1.807, 2.05) is 0 Å². The largest absolute Gasteiger partial charge is 0.375 e. The molecule has 21 heavy (non-hydrogen) atoms. The van der Waals surface area contributed by atoms with Gasteiger partial charge in [0.05, 0.1) is 11.7 Å². The summed E-state index contributed by atoms with van der Waals surface area (Å²) in [4.78, 5) is 19.7. The van der Waals surface area contributed by atoms with E-state index < -0.39 is 22.9 Å². The molecule has 0 aromatic carbocycles. The summed E-state index contributed by atoms with van der Waals surface area (Å²) in [5.74, 6) is -4.76. The van der Waals surface area contributed by atoms with Crippen molar-refractivity contribution in [1.82, 2.24) is 15.3 Å². The number of carbonyl (C=O) groups excluding carboxylic acids is 1. The molecule has 0 saturated heterocycles. The van der Waals surface area contributed by atoms with Gasteiger partial charge in [0.25, 0.3) is 5.91 Å². The van der Waals surface area contributed by atoms with Gasteiger partial charge in [-0.25, -0.2) is 4.98 Å². The standard InChI is InChI=1S/C14H13F2N3OS/c15-14(16,13-18-7-8-21-13)12(20)19-11(9-4-5-9)10-3-1-2-6-17-10/h1-3,6-9,11H,4-5H2,(H,19,20). The highest BCUT2D eigenvalue weighted by Gasteiger charge is 2.46. The molecule has 1 fully saturated rings. The molecule has 7 heteroatoms. The summed E-state index contributed by atoms with van der Waals surface area (Å²) >= 11 is 0.768. The van der Waals surface area contributed by atoms with E-state index in [1.54, 1.807) is 24.4 Å². The Morgan fingerprint density at radius 1 is 1.33 bits per heavy atom. The van der Waals surface area contributed by atoms with Crippen molar-refractivity contribution in [3.63, 3.8) is 0 Å². The van der Waals surface area contributed by atoms with Gasteiger partial charge in [-0.05, 0) is 30.9 Å². The molecule has 0 bridgehead atoms. The maximum absolute atomic E-state index is 14.1. The first-order chi connectivity index (χ1) is 10.1. The Hall–Kier alpha value is -1.89. The molecule has 0 radical (unpaired) electrons. The summed E-state index contributed by atoms with van der Waals surface area (Å²) < 4.78 is 28.1. The first kappa shape index (κ1) is 14.1. The van der Waals surface area contributed by atoms with Gasteiger partial charge in [0.15, 0.2) is 5.01 Å². The van der Waals surface area contributed by atoms with Crippen molar-refractivity contribution in [3.05, 3.63) is 46.7 Å². The number of nitrogens with zero attached hydrogens (tertiary/aromatic N) is 2. The average molecular weight is 309 g/mol. The minimum absolute atomic E-state index is 0.177. The first-order valence-electron chi connectivity index (χ1n) is 6.58. The van der Waals surface area contributed by atoms with Gasteiger partial charge in [-0.1, -0.05) is 6.07 Å². The number of rotatable bonds is 5. The molecule has 1 aliphatic rings. The Balaban J connectivity index is 1.79. The van der Waals surface area contributed by atoms with Crippen LogP contribution >= 0.6 is 11.3 Å². The third-order valence-electron chi connectivity index (χ3n) is 3.37. The van der Waals surface area contributed by atoms with E-state index in [4.69, 9.17) is 0 Å². The van der Waals surface area contributed by atoms with Gasteiger partial charge < -0.3 is 5.32 Å². The van der Waals surface area contributed by atoms with Crippen LogP contribution in [0.15, 0.2) is 36.0 Å². The molecular weight excluding hydrogens is 296 g/mol. The van der Waals surface area contributed by atoms with Crippen LogP contribution in [0.1, 0.15) is 29.6 Å². The van der Waals surface area contributed by atoms with Crippen LogP contribution in [-0.2, 0) is 10.7 Å². The topological polar surface area (TPSA) is 54.9 Å². The summed E-state index contributed by atoms with van der Waals surface area (Å²) in [6, 6.07) is 4.80. The lowest BCUT2D eigenvalue weighted by Gasteiger charge is -2.21. The highest BCUT2D eigenvalue weighted by atomic mass is 32.1. The third kappa shape index (κ3) is 2.92. The third-order valence-corrected chi connectivity index (χ3v) is 4.22. The van der Waals surface area contributed by atoms with E-state index in [0.717, 1.165) is 24.2 Å². The number of carbonyl (C=O) groups is 1. The lowest BCUT2D eigenvalue weighted by atomic mass is 10.1. The summed E-state index contributed by atoms with van der Waals surface area (Å²) in [7, 11) is 0. The van der Waals surface area contributed by atoms with Crippen LogP contribution in [0.25, 0.3) is 0 Å². The summed E-state index contributed by atoms with van der Waals surface area (Å²) in [5, 5.41) is 3.37. The van der Waals surface area contributed by atoms with Crippen LogP contribution in [0.2, 0.25) is 0 Å². The van der Waals surface area contributed by atoms with E-state index in [1.165, 1.54) is 11.6 Å². The second-order valence-electron chi connectivity index (χ2n) is 4.95. The Morgan fingerprint density at radius 2 is 2.14 bits per heavy atom. The Labute approximate surface area is 124 Å². The second kappa shape index (κ2) is 5.48. The van der Waals surface area contributed by atoms with Crippen molar-refractivity contribution >= 4 is 17.2 Å². The van der Waals surface area contributed by atoms with Gasteiger partial charge >= 0.3 is 5.92 Å². The molecule has 1 amide bonds. The number of hydrogen-bond donors (Lipinski definition) is 1. The van der Waals surface area contributed by atoms with Crippen LogP contribution < -0.4 is 5.32 Å². The highest BCUT2D eigenvalue weighted by Crippen LogP contribution is 2.41. The molecule has 2 heterocycles. The number of pyridine rings is 1. The Kier molecular flexibility index (Phi) is 3.67. The number of alkyl halides is 2. The van der Waals surface area contributed by atoms with Crippen molar-refractivity contribution in [2.75, 3.05) is 0 Å². The normalized spacial score (nSPS) is 16.5. The van der Waals surface area contributed by atoms with E-state index in [2.05, 4.69) is 15.3 Å². The Morgan fingerprint density at radius 3 is 2.71 bits per heavy atom. The van der Waals surface area contributed by atoms with Crippen molar-refractivity contribution in [1.29, 1.82) is 0 Å². The predicted octanol–water partition coefficient (Wildman–Crippen LogP) is 2.90. The van der Waals surface area contributed by atoms with E-state index in [0.29, 0.717) is 5.69 Å². The van der Waals surface area contributed by atoms with Crippen molar-refractivity contribution < 1.29 is 13.6 Å². The monoisotopic (exact) mass is 309 g/mol. The fraction of sp³-hybridized carbons (Fsp3) is 0.357. The fourth-order valence-electron chi connectivity index (χ4n) is 2.13. The number of amides is 1. The second-order valence-corrected chi connectivity index (χ2v) is 5.85. The zero-order valence-corrected chi connectivity index (χ0v) is 11.8. The van der Waals surface area contributed by atoms with E-state index in [9.17, 15) is 13.6 Å². The summed E-state index contributed by atoms with van der Waals surface area (Å²) in [5.41, 5.74) is 0.614. The summed E-state index contributed by atoms with van der Waals surface area (Å²) in [6.45, 7) is 0. The SMILES string of the molecule is O=C(NC(c1ccccn1)C1CC1)C(F)(F)c1nccs1. The molecule has 2 aromatic rings. The van der Waals surface area contributed by atoms with Gasteiger partial charge in [0.2, 0.25) is 0 Å². The molecule has 1 atom stereocenters. The lowest BCUT2D eigenvalue weighted by Crippen LogP contribution is -2.41. The highest BCUT2D eigenvalue weighted by molar-refractivity contribution is 7.09. The molecule has 0 aliphatic heterocycles. The molecule has 1 N–H and O–H groups in total. The van der Waals surface area contributed by atoms with Gasteiger partial charge in [-0.15, -0.1) is 11.3 Å². The van der Waals surface area contributed by atoms with Crippen LogP contribution in [0.4, 0.5) is 8.78 Å². The van der Waals surface area contributed by atoms with Gasteiger partial charge in [0.1, 0.15) is 0 Å². The van der Waals surface area contributed by atoms with Crippen LogP contribution in [0.3, 0.4) is 0 Å². The van der Waals surface area contributed by atoms with E-state index in [-0.39, 0.29) is 5.92 Å². The van der Waals surface area contributed by atoms with Crippen molar-refractivity contribution in [3.8, 4) is 0 Å². The zero-order valence-electron chi connectivity index (χ0n) is 11.0. The number of halogens is 2. The van der Waals surface area contributed by atoms with Crippen molar-refractivity contribution in [2.45, 2.75) is 24.8 Å². The van der Waals surface area contributed by atoms with Gasteiger partial charge in [0, 0.05) is 17.8 Å². The number of thiazole rings is 1. The Bertz CT molecular complexity index is 614. The molecular formula is C14H13F2N3OS. The molecule has 1 aliphatic carbocycles. The number of nitrogens with one attached hydrogen (secondary N) is 1. The minimum Gasteiger partial charge on any atom is -0.342 e. The molecule has 4 nitrogen and oxygen atoms in total. The zero-order chi connectivity index (χ0) is 14.9. The van der Waals surface area contributed by atoms with Crippen LogP contribution in [0.5, 0.6) is 0 Å². The number of aromatic nitrogens is 2. The molecule has 1 saturated carbocycles. The molecule has 1 unspecified atom stereocenters. The quantitative estimate of drug-likeness (QED) is 0.924. The molecule has 0 spiro atoms. The molecule has 110 valence electrons. The van der Waals surface area contributed by atoms with E-state index >= 15 is 0 Å². The molecule has 2 aromatic heterocycles. The first-order valence-corrected chi connectivity index (χ1v) is 7.46. The van der Waals surface area contributed by atoms with Gasteiger partial charge in [-0.2, -0.15) is 8.78 Å². The predicted molar refractivity (Wildman–Crippen MR) is 73.9 cm³/mol. The van der Waals surface area contributed by atoms with Crippen molar-refractivity contribution in [2.24, 2.45) is 5.92 Å².